The summed E-state index contributed by atoms with van der Waals surface area (Å²) in [5, 5.41) is 2.90. The third-order valence-electron chi connectivity index (χ3n) is 6.43. The fourth-order valence-electron chi connectivity index (χ4n) is 4.89. The monoisotopic (exact) mass is 444 g/mol. The van der Waals surface area contributed by atoms with Crippen LogP contribution in [-0.4, -0.2) is 54.3 Å². The van der Waals surface area contributed by atoms with Crippen molar-refractivity contribution in [2.45, 2.75) is 44.7 Å². The first-order chi connectivity index (χ1) is 14.7. The van der Waals surface area contributed by atoms with E-state index in [1.165, 1.54) is 5.69 Å². The van der Waals surface area contributed by atoms with E-state index in [2.05, 4.69) is 47.8 Å². The molecule has 1 fully saturated rings. The van der Waals surface area contributed by atoms with Gasteiger partial charge in [0.15, 0.2) is 0 Å². The summed E-state index contributed by atoms with van der Waals surface area (Å²) in [6.45, 7) is 9.41. The average Bonchev–Trinajstić information content (AvgIpc) is 3.19. The lowest BCUT2D eigenvalue weighted by molar-refractivity contribution is -0.118. The molecule has 2 aliphatic heterocycles. The fraction of sp³-hybridized carbons (Fsp3) is 0.522. The van der Waals surface area contributed by atoms with E-state index in [1.54, 1.807) is 28.6 Å². The molecule has 2 aliphatic rings. The first-order valence-corrected chi connectivity index (χ1v) is 12.5. The van der Waals surface area contributed by atoms with Gasteiger partial charge in [0.05, 0.1) is 11.4 Å². The topological polar surface area (TPSA) is 74.7 Å². The Bertz CT molecular complexity index is 1020. The van der Waals surface area contributed by atoms with Gasteiger partial charge in [0.1, 0.15) is 0 Å². The molecule has 1 aromatic carbocycles. The Kier molecular flexibility index (Phi) is 6.23. The molecule has 0 saturated carbocycles. The Labute approximate surface area is 185 Å². The van der Waals surface area contributed by atoms with E-state index in [0.29, 0.717) is 37.2 Å². The zero-order valence-corrected chi connectivity index (χ0v) is 19.3. The number of hydrogen-bond acceptors (Lipinski definition) is 4. The minimum Gasteiger partial charge on any atom is -0.349 e. The molecule has 0 bridgehead atoms. The van der Waals surface area contributed by atoms with Crippen molar-refractivity contribution < 1.29 is 13.2 Å². The standard InChI is InChI=1S/C23H32N4O3S/c1-17-13-18(2)15-27(14-17)31(29,30)21-8-6-20(7-9-21)24-23(28)16-26-12-11-25-10-4-5-22(25)19(26)3/h4-10,17-19H,11-16H2,1-3H3,(H,24,28)/t17-,18-,19+/m1/s1. The number of fused-ring (bicyclic) bond motifs is 1. The highest BCUT2D eigenvalue weighted by Gasteiger charge is 2.31. The number of hydrogen-bond donors (Lipinski definition) is 1. The molecule has 4 rings (SSSR count). The van der Waals surface area contributed by atoms with E-state index >= 15 is 0 Å². The van der Waals surface area contributed by atoms with Gasteiger partial charge in [-0.1, -0.05) is 13.8 Å². The smallest absolute Gasteiger partial charge is 0.243 e. The number of rotatable bonds is 5. The number of sulfonamides is 1. The average molecular weight is 445 g/mol. The Morgan fingerprint density at radius 2 is 1.71 bits per heavy atom. The van der Waals surface area contributed by atoms with Crippen molar-refractivity contribution in [2.24, 2.45) is 11.8 Å². The largest absolute Gasteiger partial charge is 0.349 e. The predicted molar refractivity (Wildman–Crippen MR) is 121 cm³/mol. The molecule has 8 heteroatoms. The number of aromatic nitrogens is 1. The zero-order valence-electron chi connectivity index (χ0n) is 18.5. The van der Waals surface area contributed by atoms with E-state index in [0.717, 1.165) is 19.5 Å². The molecule has 1 aromatic heterocycles. The van der Waals surface area contributed by atoms with Gasteiger partial charge in [-0.05, 0) is 61.6 Å². The lowest BCUT2D eigenvalue weighted by atomic mass is 9.94. The predicted octanol–water partition coefficient (Wildman–Crippen LogP) is 3.17. The van der Waals surface area contributed by atoms with Gasteiger partial charge < -0.3 is 9.88 Å². The highest BCUT2D eigenvalue weighted by atomic mass is 32.2. The fourth-order valence-corrected chi connectivity index (χ4v) is 6.57. The summed E-state index contributed by atoms with van der Waals surface area (Å²) in [6.07, 6.45) is 3.13. The summed E-state index contributed by atoms with van der Waals surface area (Å²) >= 11 is 0. The van der Waals surface area contributed by atoms with E-state index in [-0.39, 0.29) is 16.8 Å². The molecule has 3 atom stereocenters. The Morgan fingerprint density at radius 1 is 1.03 bits per heavy atom. The third-order valence-corrected chi connectivity index (χ3v) is 8.27. The Balaban J connectivity index is 1.38. The first kappa shape index (κ1) is 22.0. The van der Waals surface area contributed by atoms with Crippen LogP contribution < -0.4 is 5.32 Å². The number of carbonyl (C=O) groups is 1. The lowest BCUT2D eigenvalue weighted by Crippen LogP contribution is -2.42. The molecule has 0 spiro atoms. The van der Waals surface area contributed by atoms with Gasteiger partial charge >= 0.3 is 0 Å². The van der Waals surface area contributed by atoms with Crippen LogP contribution in [0.15, 0.2) is 47.5 Å². The molecule has 7 nitrogen and oxygen atoms in total. The quantitative estimate of drug-likeness (QED) is 0.769. The molecule has 3 heterocycles. The first-order valence-electron chi connectivity index (χ1n) is 11.0. The van der Waals surface area contributed by atoms with Crippen molar-refractivity contribution in [2.75, 3.05) is 31.5 Å². The van der Waals surface area contributed by atoms with Crippen molar-refractivity contribution in [1.29, 1.82) is 0 Å². The number of anilines is 1. The Morgan fingerprint density at radius 3 is 2.39 bits per heavy atom. The number of benzene rings is 1. The SMILES string of the molecule is C[C@@H]1C[C@@H](C)CN(S(=O)(=O)c2ccc(NC(=O)CN3CCn4cccc4[C@@H]3C)cc2)C1. The molecule has 1 amide bonds. The summed E-state index contributed by atoms with van der Waals surface area (Å²) < 4.78 is 29.9. The van der Waals surface area contributed by atoms with E-state index in [4.69, 9.17) is 0 Å². The van der Waals surface area contributed by atoms with Gasteiger partial charge in [-0.15, -0.1) is 0 Å². The second-order valence-corrected chi connectivity index (χ2v) is 11.1. The van der Waals surface area contributed by atoms with Crippen molar-refractivity contribution in [3.63, 3.8) is 0 Å². The maximum Gasteiger partial charge on any atom is 0.243 e. The number of nitrogens with one attached hydrogen (secondary N) is 1. The van der Waals surface area contributed by atoms with Crippen LogP contribution in [0.1, 0.15) is 38.9 Å². The maximum absolute atomic E-state index is 13.0. The summed E-state index contributed by atoms with van der Waals surface area (Å²) in [7, 11) is -3.52. The van der Waals surface area contributed by atoms with Crippen molar-refractivity contribution in [3.05, 3.63) is 48.3 Å². The number of nitrogens with zero attached hydrogens (tertiary/aromatic N) is 3. The number of piperidine rings is 1. The molecule has 2 aromatic rings. The highest BCUT2D eigenvalue weighted by Crippen LogP contribution is 2.28. The van der Waals surface area contributed by atoms with Crippen LogP contribution in [0.4, 0.5) is 5.69 Å². The normalized spacial score (nSPS) is 25.2. The van der Waals surface area contributed by atoms with Crippen LogP contribution in [0, 0.1) is 11.8 Å². The van der Waals surface area contributed by atoms with Crippen LogP contribution >= 0.6 is 0 Å². The Hall–Kier alpha value is -2.16. The minimum atomic E-state index is -3.52. The molecule has 1 saturated heterocycles. The summed E-state index contributed by atoms with van der Waals surface area (Å²) in [6, 6.07) is 10.8. The van der Waals surface area contributed by atoms with Crippen molar-refractivity contribution in [1.82, 2.24) is 13.8 Å². The minimum absolute atomic E-state index is 0.0962. The maximum atomic E-state index is 13.0. The van der Waals surface area contributed by atoms with Crippen LogP contribution in [0.5, 0.6) is 0 Å². The molecule has 31 heavy (non-hydrogen) atoms. The molecule has 168 valence electrons. The molecule has 0 unspecified atom stereocenters. The second-order valence-electron chi connectivity index (χ2n) is 9.11. The third kappa shape index (κ3) is 4.71. The number of amides is 1. The van der Waals surface area contributed by atoms with Gasteiger partial charge in [0, 0.05) is 49.8 Å². The zero-order chi connectivity index (χ0) is 22.2. The number of carbonyl (C=O) groups excluding carboxylic acids is 1. The van der Waals surface area contributed by atoms with Gasteiger partial charge in [0.25, 0.3) is 0 Å². The lowest BCUT2D eigenvalue weighted by Gasteiger charge is -2.34. The summed E-state index contributed by atoms with van der Waals surface area (Å²) in [5.74, 6) is 0.621. The van der Waals surface area contributed by atoms with Crippen LogP contribution in [0.25, 0.3) is 0 Å². The van der Waals surface area contributed by atoms with E-state index in [1.807, 2.05) is 6.07 Å². The molecular formula is C23H32N4O3S. The van der Waals surface area contributed by atoms with Gasteiger partial charge in [-0.25, -0.2) is 8.42 Å². The van der Waals surface area contributed by atoms with Gasteiger partial charge in [-0.2, -0.15) is 4.31 Å². The highest BCUT2D eigenvalue weighted by molar-refractivity contribution is 7.89. The van der Waals surface area contributed by atoms with Crippen LogP contribution in [0.2, 0.25) is 0 Å². The van der Waals surface area contributed by atoms with Crippen LogP contribution in [0.3, 0.4) is 0 Å². The molecule has 0 radical (unpaired) electrons. The summed E-state index contributed by atoms with van der Waals surface area (Å²) in [5.41, 5.74) is 1.83. The molecule has 1 N–H and O–H groups in total. The molecule has 0 aliphatic carbocycles. The van der Waals surface area contributed by atoms with Crippen molar-refractivity contribution >= 4 is 21.6 Å². The molecular weight excluding hydrogens is 412 g/mol. The summed E-state index contributed by atoms with van der Waals surface area (Å²) in [4.78, 5) is 15.0. The van der Waals surface area contributed by atoms with E-state index in [9.17, 15) is 13.2 Å². The van der Waals surface area contributed by atoms with Crippen molar-refractivity contribution in [3.8, 4) is 0 Å². The van der Waals surface area contributed by atoms with Gasteiger partial charge in [0.2, 0.25) is 15.9 Å². The van der Waals surface area contributed by atoms with Gasteiger partial charge in [-0.3, -0.25) is 9.69 Å². The second kappa shape index (κ2) is 8.76. The van der Waals surface area contributed by atoms with Crippen LogP contribution in [-0.2, 0) is 21.4 Å². The van der Waals surface area contributed by atoms with E-state index < -0.39 is 10.0 Å².